The van der Waals surface area contributed by atoms with Gasteiger partial charge < -0.3 is 28.6 Å². The van der Waals surface area contributed by atoms with Gasteiger partial charge in [-0.25, -0.2) is 9.37 Å². The van der Waals surface area contributed by atoms with Gasteiger partial charge in [-0.1, -0.05) is 30.3 Å². The number of oxime groups is 1. The number of morpholine rings is 1. The second-order valence-corrected chi connectivity index (χ2v) is 8.88. The van der Waals surface area contributed by atoms with Gasteiger partial charge in [0.25, 0.3) is 0 Å². The molecule has 2 aliphatic heterocycles. The Hall–Kier alpha value is -4.14. The first-order valence-electron chi connectivity index (χ1n) is 11.7. The predicted octanol–water partition coefficient (Wildman–Crippen LogP) is 4.29. The van der Waals surface area contributed by atoms with Crippen LogP contribution in [0.3, 0.4) is 0 Å². The number of hydrogen-bond donors (Lipinski definition) is 0. The van der Waals surface area contributed by atoms with Crippen molar-refractivity contribution in [2.24, 2.45) is 11.1 Å². The molecular formula is C27H27FN4O4. The van der Waals surface area contributed by atoms with Crippen LogP contribution < -0.4 is 4.74 Å². The van der Waals surface area contributed by atoms with E-state index in [0.29, 0.717) is 30.5 Å². The van der Waals surface area contributed by atoms with Crippen LogP contribution in [-0.2, 0) is 14.4 Å². The first-order valence-corrected chi connectivity index (χ1v) is 11.7. The van der Waals surface area contributed by atoms with Crippen LogP contribution in [0.5, 0.6) is 5.75 Å². The second kappa shape index (κ2) is 9.85. The van der Waals surface area contributed by atoms with Crippen molar-refractivity contribution < 1.29 is 23.5 Å². The number of aromatic nitrogens is 2. The van der Waals surface area contributed by atoms with E-state index in [1.807, 2.05) is 42.0 Å². The van der Waals surface area contributed by atoms with E-state index in [4.69, 9.17) is 14.3 Å². The number of carbonyl (C=O) groups excluding carboxylic acids is 1. The van der Waals surface area contributed by atoms with Crippen molar-refractivity contribution in [2.45, 2.75) is 26.0 Å². The van der Waals surface area contributed by atoms with Crippen LogP contribution in [0.25, 0.3) is 11.8 Å². The van der Waals surface area contributed by atoms with Crippen LogP contribution >= 0.6 is 0 Å². The molecule has 9 heteroatoms. The Balaban J connectivity index is 1.50. The lowest BCUT2D eigenvalue weighted by atomic mass is 9.90. The van der Waals surface area contributed by atoms with E-state index in [1.54, 1.807) is 32.5 Å². The molecule has 2 aliphatic rings. The Bertz CT molecular complexity index is 1320. The Labute approximate surface area is 208 Å². The summed E-state index contributed by atoms with van der Waals surface area (Å²) in [4.78, 5) is 23.8. The quantitative estimate of drug-likeness (QED) is 0.480. The van der Waals surface area contributed by atoms with Gasteiger partial charge in [0.2, 0.25) is 5.84 Å². The maximum atomic E-state index is 13.6. The molecule has 1 fully saturated rings. The van der Waals surface area contributed by atoms with Gasteiger partial charge in [-0.05, 0) is 48.4 Å². The van der Waals surface area contributed by atoms with Crippen LogP contribution in [0.15, 0.2) is 65.9 Å². The zero-order valence-corrected chi connectivity index (χ0v) is 20.3. The first-order chi connectivity index (χ1) is 17.5. The number of hydrogen-bond acceptors (Lipinski definition) is 7. The number of rotatable bonds is 6. The topological polar surface area (TPSA) is 78.2 Å². The van der Waals surface area contributed by atoms with Gasteiger partial charge in [0.05, 0.1) is 43.3 Å². The van der Waals surface area contributed by atoms with E-state index in [0.717, 1.165) is 28.8 Å². The molecule has 2 aromatic carbocycles. The number of methoxy groups -OCH3 is 1. The van der Waals surface area contributed by atoms with Crippen molar-refractivity contribution in [1.82, 2.24) is 14.5 Å². The van der Waals surface area contributed by atoms with Crippen LogP contribution in [-0.4, -0.2) is 52.9 Å². The molecule has 3 atom stereocenters. The highest BCUT2D eigenvalue weighted by atomic mass is 19.1. The molecule has 0 N–H and O–H groups in total. The van der Waals surface area contributed by atoms with E-state index in [9.17, 15) is 9.18 Å². The Morgan fingerprint density at radius 2 is 2.03 bits per heavy atom. The summed E-state index contributed by atoms with van der Waals surface area (Å²) in [6, 6.07) is 11.8. The smallest absolute Gasteiger partial charge is 0.211 e. The fourth-order valence-corrected chi connectivity index (χ4v) is 4.58. The van der Waals surface area contributed by atoms with Gasteiger partial charge in [0, 0.05) is 6.20 Å². The van der Waals surface area contributed by atoms with Crippen LogP contribution in [0.4, 0.5) is 4.39 Å². The highest BCUT2D eigenvalue weighted by Crippen LogP contribution is 2.37. The first kappa shape index (κ1) is 23.6. The number of amidine groups is 1. The molecule has 3 unspecified atom stereocenters. The third kappa shape index (κ3) is 4.44. The number of aryl methyl sites for hydroxylation is 1. The number of nitrogens with zero attached hydrogens (tertiary/aromatic N) is 4. The summed E-state index contributed by atoms with van der Waals surface area (Å²) in [5.41, 5.74) is 3.47. The molecule has 36 heavy (non-hydrogen) atoms. The molecule has 1 saturated heterocycles. The molecule has 3 heterocycles. The fourth-order valence-electron chi connectivity index (χ4n) is 4.58. The minimum atomic E-state index is -0.519. The standard InChI is InChI=1S/C27H27FN4O4/c1-17(15-33)26-25(20-5-7-21(28)8-6-20)32-10-11-35-24(27(32)30-36-26)13-19-4-9-22(23(12-19)34-3)31-14-18(2)29-16-31/h4-9,12-17,25-26H,10-11H2,1-3H3/b24-13-. The van der Waals surface area contributed by atoms with E-state index in [2.05, 4.69) is 15.0 Å². The Morgan fingerprint density at radius 1 is 1.22 bits per heavy atom. The number of ether oxygens (including phenoxy) is 2. The average Bonchev–Trinajstić information content (AvgIpc) is 3.34. The average molecular weight is 491 g/mol. The van der Waals surface area contributed by atoms with Crippen molar-refractivity contribution in [3.05, 3.63) is 83.4 Å². The maximum absolute atomic E-state index is 13.6. The summed E-state index contributed by atoms with van der Waals surface area (Å²) >= 11 is 0. The van der Waals surface area contributed by atoms with Gasteiger partial charge >= 0.3 is 0 Å². The minimum absolute atomic E-state index is 0.324. The van der Waals surface area contributed by atoms with Gasteiger partial charge in [-0.3, -0.25) is 0 Å². The molecule has 3 aromatic rings. The number of fused-ring (bicyclic) bond motifs is 1. The van der Waals surface area contributed by atoms with E-state index in [1.165, 1.54) is 12.1 Å². The Morgan fingerprint density at radius 3 is 2.72 bits per heavy atom. The molecule has 0 spiro atoms. The van der Waals surface area contributed by atoms with Gasteiger partial charge in [0.1, 0.15) is 24.5 Å². The minimum Gasteiger partial charge on any atom is -0.495 e. The summed E-state index contributed by atoms with van der Waals surface area (Å²) in [5, 5.41) is 4.36. The lowest BCUT2D eigenvalue weighted by molar-refractivity contribution is -0.120. The third-order valence-corrected chi connectivity index (χ3v) is 6.43. The van der Waals surface area contributed by atoms with Crippen LogP contribution in [0.1, 0.15) is 29.8 Å². The monoisotopic (exact) mass is 490 g/mol. The highest BCUT2D eigenvalue weighted by Gasteiger charge is 2.42. The number of benzene rings is 2. The Kier molecular flexibility index (Phi) is 6.45. The lowest BCUT2D eigenvalue weighted by Gasteiger charge is -2.44. The van der Waals surface area contributed by atoms with Gasteiger partial charge in [0.15, 0.2) is 11.9 Å². The van der Waals surface area contributed by atoms with E-state index >= 15 is 0 Å². The third-order valence-electron chi connectivity index (χ3n) is 6.43. The van der Waals surface area contributed by atoms with E-state index < -0.39 is 12.0 Å². The van der Waals surface area contributed by atoms with Crippen molar-refractivity contribution in [1.29, 1.82) is 0 Å². The SMILES string of the molecule is COc1cc(/C=C2\OCCN3C2=NOC(C(C)C=O)C3c2ccc(F)cc2)ccc1-n1cnc(C)c1. The number of imidazole rings is 1. The van der Waals surface area contributed by atoms with Crippen LogP contribution in [0, 0.1) is 18.7 Å². The molecule has 8 nitrogen and oxygen atoms in total. The highest BCUT2D eigenvalue weighted by molar-refractivity contribution is 6.01. The van der Waals surface area contributed by atoms with Crippen molar-refractivity contribution in [2.75, 3.05) is 20.3 Å². The second-order valence-electron chi connectivity index (χ2n) is 8.88. The number of aldehydes is 1. The largest absolute Gasteiger partial charge is 0.495 e. The summed E-state index contributed by atoms with van der Waals surface area (Å²) < 4.78 is 27.2. The van der Waals surface area contributed by atoms with Crippen molar-refractivity contribution in [3.8, 4) is 11.4 Å². The summed E-state index contributed by atoms with van der Waals surface area (Å²) in [5.74, 6) is 1.01. The van der Waals surface area contributed by atoms with Gasteiger partial charge in [-0.15, -0.1) is 0 Å². The summed E-state index contributed by atoms with van der Waals surface area (Å²) in [6.45, 7) is 4.70. The molecule has 186 valence electrons. The lowest BCUT2D eigenvalue weighted by Crippen LogP contribution is -2.51. The van der Waals surface area contributed by atoms with Crippen molar-refractivity contribution in [3.63, 3.8) is 0 Å². The molecular weight excluding hydrogens is 463 g/mol. The molecule has 0 saturated carbocycles. The molecule has 1 aromatic heterocycles. The summed E-state index contributed by atoms with van der Waals surface area (Å²) in [7, 11) is 1.62. The number of halogens is 1. The summed E-state index contributed by atoms with van der Waals surface area (Å²) in [6.07, 6.45) is 5.89. The van der Waals surface area contributed by atoms with E-state index in [-0.39, 0.29) is 11.9 Å². The molecule has 0 bridgehead atoms. The molecule has 0 amide bonds. The normalized spacial score (nSPS) is 21.2. The molecule has 5 rings (SSSR count). The zero-order chi connectivity index (χ0) is 25.2. The zero-order valence-electron chi connectivity index (χ0n) is 20.3. The molecule has 0 radical (unpaired) electrons. The predicted molar refractivity (Wildman–Crippen MR) is 132 cm³/mol. The fraction of sp³-hybridized carbons (Fsp3) is 0.296. The molecule has 0 aliphatic carbocycles. The van der Waals surface area contributed by atoms with Gasteiger partial charge in [-0.2, -0.15) is 0 Å². The van der Waals surface area contributed by atoms with Crippen LogP contribution in [0.2, 0.25) is 0 Å². The maximum Gasteiger partial charge on any atom is 0.211 e. The van der Waals surface area contributed by atoms with Crippen molar-refractivity contribution >= 4 is 18.2 Å². The number of carbonyl (C=O) groups is 1.